The second-order valence-corrected chi connectivity index (χ2v) is 5.80. The van der Waals surface area contributed by atoms with Crippen LogP contribution in [-0.4, -0.2) is 15.8 Å². The van der Waals surface area contributed by atoms with E-state index in [9.17, 15) is 9.18 Å². The van der Waals surface area contributed by atoms with Crippen molar-refractivity contribution in [2.75, 3.05) is 5.32 Å². The largest absolute Gasteiger partial charge is 0.364 e. The third-order valence-electron chi connectivity index (χ3n) is 4.22. The maximum absolute atomic E-state index is 13.0. The molecule has 0 unspecified atom stereocenters. The van der Waals surface area contributed by atoms with E-state index in [4.69, 9.17) is 0 Å². The molecule has 0 saturated carbocycles. The van der Waals surface area contributed by atoms with E-state index in [1.165, 1.54) is 12.1 Å². The molecule has 0 aliphatic carbocycles. The Morgan fingerprint density at radius 3 is 2.67 bits per heavy atom. The second kappa shape index (κ2) is 6.83. The lowest BCUT2D eigenvalue weighted by molar-refractivity contribution is 0.112. The highest BCUT2D eigenvalue weighted by Crippen LogP contribution is 2.29. The Morgan fingerprint density at radius 1 is 1.25 bits per heavy atom. The van der Waals surface area contributed by atoms with Crippen LogP contribution in [0.25, 0.3) is 10.9 Å². The molecule has 3 aromatic rings. The second-order valence-electron chi connectivity index (χ2n) is 5.80. The van der Waals surface area contributed by atoms with Crippen LogP contribution in [-0.2, 0) is 13.1 Å². The predicted molar refractivity (Wildman–Crippen MR) is 93.9 cm³/mol. The molecule has 2 aromatic heterocycles. The molecule has 1 aromatic carbocycles. The van der Waals surface area contributed by atoms with E-state index >= 15 is 0 Å². The van der Waals surface area contributed by atoms with Gasteiger partial charge in [0.05, 0.1) is 5.52 Å². The van der Waals surface area contributed by atoms with Gasteiger partial charge in [-0.2, -0.15) is 0 Å². The number of fused-ring (bicyclic) bond motifs is 1. The van der Waals surface area contributed by atoms with Crippen LogP contribution in [0, 0.1) is 12.7 Å². The molecule has 124 valence electrons. The lowest BCUT2D eigenvalue weighted by Gasteiger charge is -2.11. The summed E-state index contributed by atoms with van der Waals surface area (Å²) in [6, 6.07) is 8.26. The van der Waals surface area contributed by atoms with Crippen molar-refractivity contribution < 1.29 is 9.18 Å². The molecule has 0 atom stereocenters. The van der Waals surface area contributed by atoms with E-state index in [-0.39, 0.29) is 5.82 Å². The average molecular weight is 325 g/mol. The molecular formula is C19H20FN3O. The van der Waals surface area contributed by atoms with Crippen LogP contribution < -0.4 is 5.32 Å². The monoisotopic (exact) mass is 325 g/mol. The molecule has 0 bridgehead atoms. The zero-order chi connectivity index (χ0) is 17.1. The number of carbonyl (C=O) groups is 1. The van der Waals surface area contributed by atoms with Gasteiger partial charge in [-0.25, -0.2) is 9.37 Å². The van der Waals surface area contributed by atoms with Gasteiger partial charge in [0.1, 0.15) is 5.82 Å². The van der Waals surface area contributed by atoms with E-state index < -0.39 is 0 Å². The van der Waals surface area contributed by atoms with Crippen LogP contribution in [0.3, 0.4) is 0 Å². The Kier molecular flexibility index (Phi) is 4.60. The Balaban J connectivity index is 2.01. The number of nitrogens with zero attached hydrogens (tertiary/aromatic N) is 2. The van der Waals surface area contributed by atoms with Crippen molar-refractivity contribution in [1.29, 1.82) is 0 Å². The van der Waals surface area contributed by atoms with Crippen LogP contribution in [0.4, 0.5) is 10.2 Å². The van der Waals surface area contributed by atoms with Gasteiger partial charge in [-0.3, -0.25) is 4.79 Å². The number of nitrogens with one attached hydrogen (secondary N) is 1. The third-order valence-corrected chi connectivity index (χ3v) is 4.22. The van der Waals surface area contributed by atoms with Crippen LogP contribution in [0.15, 0.2) is 36.5 Å². The minimum atomic E-state index is -0.248. The minimum absolute atomic E-state index is 0.248. The van der Waals surface area contributed by atoms with Crippen LogP contribution in [0.1, 0.15) is 35.0 Å². The van der Waals surface area contributed by atoms with Crippen LogP contribution in [0.5, 0.6) is 0 Å². The van der Waals surface area contributed by atoms with Crippen molar-refractivity contribution in [3.05, 3.63) is 59.2 Å². The number of aryl methyl sites for hydroxylation is 1. The first-order valence-corrected chi connectivity index (χ1v) is 8.07. The molecule has 1 N–H and O–H groups in total. The summed E-state index contributed by atoms with van der Waals surface area (Å²) in [5.74, 6) is 0.489. The highest BCUT2D eigenvalue weighted by molar-refractivity contribution is 6.03. The molecule has 0 radical (unpaired) electrons. The lowest BCUT2D eigenvalue weighted by Crippen LogP contribution is -2.06. The van der Waals surface area contributed by atoms with Crippen molar-refractivity contribution in [3.63, 3.8) is 0 Å². The lowest BCUT2D eigenvalue weighted by atomic mass is 10.2. The van der Waals surface area contributed by atoms with Gasteiger partial charge in [0, 0.05) is 35.9 Å². The van der Waals surface area contributed by atoms with Gasteiger partial charge in [0.2, 0.25) is 0 Å². The topological polar surface area (TPSA) is 46.9 Å². The summed E-state index contributed by atoms with van der Waals surface area (Å²) in [6.07, 6.45) is 3.58. The molecule has 0 amide bonds. The Bertz CT molecular complexity index is 868. The van der Waals surface area contributed by atoms with Crippen LogP contribution >= 0.6 is 0 Å². The highest BCUT2D eigenvalue weighted by Gasteiger charge is 2.16. The number of hydrogen-bond acceptors (Lipinski definition) is 3. The fraction of sp³-hybridized carbons (Fsp3) is 0.263. The number of anilines is 1. The van der Waals surface area contributed by atoms with Gasteiger partial charge in [-0.1, -0.05) is 19.1 Å². The molecule has 0 fully saturated rings. The average Bonchev–Trinajstić information content (AvgIpc) is 2.87. The van der Waals surface area contributed by atoms with Gasteiger partial charge in [0.15, 0.2) is 12.1 Å². The van der Waals surface area contributed by atoms with Gasteiger partial charge in [-0.05, 0) is 37.1 Å². The summed E-state index contributed by atoms with van der Waals surface area (Å²) in [5, 5.41) is 4.23. The molecule has 24 heavy (non-hydrogen) atoms. The number of pyridine rings is 1. The van der Waals surface area contributed by atoms with Crippen molar-refractivity contribution in [2.45, 2.75) is 33.4 Å². The molecule has 0 aliphatic rings. The smallest absolute Gasteiger partial charge is 0.152 e. The summed E-state index contributed by atoms with van der Waals surface area (Å²) in [5.41, 5.74) is 3.59. The molecular weight excluding hydrogens is 305 g/mol. The van der Waals surface area contributed by atoms with E-state index in [0.717, 1.165) is 47.2 Å². The first-order chi connectivity index (χ1) is 11.7. The quantitative estimate of drug-likeness (QED) is 0.687. The molecule has 2 heterocycles. The van der Waals surface area contributed by atoms with E-state index in [1.807, 2.05) is 13.0 Å². The van der Waals surface area contributed by atoms with Crippen molar-refractivity contribution in [1.82, 2.24) is 9.55 Å². The van der Waals surface area contributed by atoms with Gasteiger partial charge in [-0.15, -0.1) is 0 Å². The fourth-order valence-corrected chi connectivity index (χ4v) is 3.02. The number of aldehydes is 1. The number of carbonyl (C=O) groups excluding carboxylic acids is 1. The standard InChI is InChI=1S/C19H20FN3O/c1-3-10-23-13(2)17(12-24)16-8-9-21-19(18(16)23)22-11-14-4-6-15(20)7-5-14/h4-9,12H,3,10-11H2,1-2H3,(H,21,22). The number of rotatable bonds is 6. The van der Waals surface area contributed by atoms with Gasteiger partial charge < -0.3 is 9.88 Å². The van der Waals surface area contributed by atoms with Gasteiger partial charge in [0.25, 0.3) is 0 Å². The SMILES string of the molecule is CCCn1c(C)c(C=O)c2ccnc(NCc3ccc(F)cc3)c21. The summed E-state index contributed by atoms with van der Waals surface area (Å²) in [7, 11) is 0. The maximum atomic E-state index is 13.0. The molecule has 0 aliphatic heterocycles. The zero-order valence-corrected chi connectivity index (χ0v) is 13.8. The maximum Gasteiger partial charge on any atom is 0.152 e. The number of halogens is 1. The Labute approximate surface area is 140 Å². The summed E-state index contributed by atoms with van der Waals surface area (Å²) in [6.45, 7) is 5.43. The summed E-state index contributed by atoms with van der Waals surface area (Å²) >= 11 is 0. The van der Waals surface area contributed by atoms with Crippen molar-refractivity contribution in [3.8, 4) is 0 Å². The first-order valence-electron chi connectivity index (χ1n) is 8.07. The highest BCUT2D eigenvalue weighted by atomic mass is 19.1. The normalized spacial score (nSPS) is 11.0. The van der Waals surface area contributed by atoms with Crippen molar-refractivity contribution >= 4 is 23.0 Å². The number of hydrogen-bond donors (Lipinski definition) is 1. The zero-order valence-electron chi connectivity index (χ0n) is 13.8. The predicted octanol–water partition coefficient (Wildman–Crippen LogP) is 4.32. The molecule has 4 nitrogen and oxygen atoms in total. The fourth-order valence-electron chi connectivity index (χ4n) is 3.02. The first kappa shape index (κ1) is 16.2. The number of benzene rings is 1. The van der Waals surface area contributed by atoms with E-state index in [1.54, 1.807) is 18.3 Å². The van der Waals surface area contributed by atoms with Crippen LogP contribution in [0.2, 0.25) is 0 Å². The molecule has 0 spiro atoms. The van der Waals surface area contributed by atoms with E-state index in [2.05, 4.69) is 21.8 Å². The third kappa shape index (κ3) is 2.89. The number of aromatic nitrogens is 2. The molecule has 0 saturated heterocycles. The minimum Gasteiger partial charge on any atom is -0.364 e. The Morgan fingerprint density at radius 2 is 2.00 bits per heavy atom. The molecule has 5 heteroatoms. The van der Waals surface area contributed by atoms with Gasteiger partial charge >= 0.3 is 0 Å². The Hall–Kier alpha value is -2.69. The van der Waals surface area contributed by atoms with E-state index in [0.29, 0.717) is 12.1 Å². The van der Waals surface area contributed by atoms with Crippen molar-refractivity contribution in [2.24, 2.45) is 0 Å². The summed E-state index contributed by atoms with van der Waals surface area (Å²) < 4.78 is 15.2. The molecule has 3 rings (SSSR count). The summed E-state index contributed by atoms with van der Waals surface area (Å²) in [4.78, 5) is 15.9.